The Labute approximate surface area is 277 Å². The number of rotatable bonds is 11. The molecule has 0 aliphatic carbocycles. The highest BCUT2D eigenvalue weighted by atomic mass is 35.5. The number of aromatic nitrogens is 2. The molecular formula is C37H45ClN6O2. The van der Waals surface area contributed by atoms with E-state index in [9.17, 15) is 9.59 Å². The molecule has 6 rings (SSSR count). The Kier molecular flexibility index (Phi) is 10.4. The maximum Gasteiger partial charge on any atom is 0.249 e. The molecule has 46 heavy (non-hydrogen) atoms. The Morgan fingerprint density at radius 2 is 1.91 bits per heavy atom. The van der Waals surface area contributed by atoms with Gasteiger partial charge in [0.05, 0.1) is 0 Å². The van der Waals surface area contributed by atoms with Crippen molar-refractivity contribution in [3.05, 3.63) is 94.9 Å². The van der Waals surface area contributed by atoms with Gasteiger partial charge in [0.15, 0.2) is 0 Å². The normalized spacial score (nSPS) is 18.1. The number of aromatic amines is 1. The highest BCUT2D eigenvalue weighted by molar-refractivity contribution is 6.30. The molecular weight excluding hydrogens is 596 g/mol. The third kappa shape index (κ3) is 7.97. The highest BCUT2D eigenvalue weighted by Gasteiger charge is 2.34. The minimum Gasteiger partial charge on any atom is -0.361 e. The van der Waals surface area contributed by atoms with Crippen LogP contribution in [0.3, 0.4) is 0 Å². The van der Waals surface area contributed by atoms with Gasteiger partial charge in [0, 0.05) is 72.7 Å². The van der Waals surface area contributed by atoms with Crippen molar-refractivity contribution in [2.75, 3.05) is 45.2 Å². The highest BCUT2D eigenvalue weighted by Crippen LogP contribution is 2.33. The zero-order valence-corrected chi connectivity index (χ0v) is 27.7. The molecule has 0 radical (unpaired) electrons. The van der Waals surface area contributed by atoms with Crippen molar-refractivity contribution in [1.82, 2.24) is 25.1 Å². The number of nitrogens with zero attached hydrogens (tertiary/aromatic N) is 4. The number of H-pyrrole nitrogens is 1. The Balaban J connectivity index is 1.15. The molecule has 0 saturated carbocycles. The van der Waals surface area contributed by atoms with E-state index < -0.39 is 6.04 Å². The van der Waals surface area contributed by atoms with Gasteiger partial charge in [0.2, 0.25) is 11.8 Å². The number of fused-ring (bicyclic) bond motifs is 2. The molecule has 9 heteroatoms. The van der Waals surface area contributed by atoms with E-state index in [0.717, 1.165) is 79.6 Å². The van der Waals surface area contributed by atoms with E-state index in [-0.39, 0.29) is 17.7 Å². The summed E-state index contributed by atoms with van der Waals surface area (Å²) in [7, 11) is 4.12. The van der Waals surface area contributed by atoms with Crippen LogP contribution in [0, 0.1) is 11.8 Å². The fourth-order valence-electron chi connectivity index (χ4n) is 7.25. The lowest BCUT2D eigenvalue weighted by Crippen LogP contribution is -2.53. The number of hydrogen-bond acceptors (Lipinski definition) is 5. The summed E-state index contributed by atoms with van der Waals surface area (Å²) in [5.74, 6) is 0.631. The first-order valence-electron chi connectivity index (χ1n) is 16.5. The smallest absolute Gasteiger partial charge is 0.249 e. The largest absolute Gasteiger partial charge is 0.361 e. The molecule has 1 saturated heterocycles. The van der Waals surface area contributed by atoms with E-state index >= 15 is 0 Å². The standard InChI is InChI=1S/C37H45ClN6O2/c1-42(2)23-28-18-29-19-31(38)10-11-35(29)44(25-28)37(46)34(20-30-22-40-33-8-4-3-7-32(30)33)41-36(45)12-9-26-13-16-43(17-14-26)24-27-6-5-15-39-21-27/h3-8,10-11,15,19,21-22,26,28,34,40H,9,12-14,16-18,20,23-25H2,1-2H3,(H,41,45)/t28-,34+/m0/s1. The number of halogens is 1. The molecule has 2 N–H and O–H groups in total. The van der Waals surface area contributed by atoms with E-state index in [2.05, 4.69) is 51.3 Å². The van der Waals surface area contributed by atoms with E-state index in [4.69, 9.17) is 11.6 Å². The first-order valence-corrected chi connectivity index (χ1v) is 16.9. The van der Waals surface area contributed by atoms with Crippen molar-refractivity contribution < 1.29 is 9.59 Å². The lowest BCUT2D eigenvalue weighted by atomic mass is 9.90. The first kappa shape index (κ1) is 32.2. The van der Waals surface area contributed by atoms with Gasteiger partial charge in [-0.05, 0) is 112 Å². The van der Waals surface area contributed by atoms with Crippen LogP contribution in [0.1, 0.15) is 42.4 Å². The van der Waals surface area contributed by atoms with Gasteiger partial charge < -0.3 is 20.1 Å². The summed E-state index contributed by atoms with van der Waals surface area (Å²) in [5.41, 5.74) is 5.24. The number of benzene rings is 2. The Hall–Kier alpha value is -3.72. The van der Waals surface area contributed by atoms with Crippen LogP contribution in [0.5, 0.6) is 0 Å². The number of carbonyl (C=O) groups excluding carboxylic acids is 2. The summed E-state index contributed by atoms with van der Waals surface area (Å²) in [5, 5.41) is 4.94. The Morgan fingerprint density at radius 3 is 2.70 bits per heavy atom. The summed E-state index contributed by atoms with van der Waals surface area (Å²) in [4.78, 5) is 42.2. The van der Waals surface area contributed by atoms with Crippen LogP contribution in [0.4, 0.5) is 5.69 Å². The summed E-state index contributed by atoms with van der Waals surface area (Å²) in [6.07, 6.45) is 10.4. The van der Waals surface area contributed by atoms with E-state index in [1.807, 2.05) is 66.0 Å². The van der Waals surface area contributed by atoms with Crippen LogP contribution in [0.15, 0.2) is 73.2 Å². The quantitative estimate of drug-likeness (QED) is 0.220. The number of anilines is 1. The molecule has 8 nitrogen and oxygen atoms in total. The lowest BCUT2D eigenvalue weighted by molar-refractivity contribution is -0.128. The van der Waals surface area contributed by atoms with Gasteiger partial charge in [-0.25, -0.2) is 0 Å². The molecule has 2 amide bonds. The zero-order valence-electron chi connectivity index (χ0n) is 26.9. The number of carbonyl (C=O) groups is 2. The summed E-state index contributed by atoms with van der Waals surface area (Å²) in [6, 6.07) is 17.3. The SMILES string of the molecule is CN(C)C[C@@H]1Cc2cc(Cl)ccc2N(C(=O)[C@@H](Cc2c[nH]c3ccccc23)NC(=O)CCC2CCN(Cc3cccnc3)CC2)C1. The van der Waals surface area contributed by atoms with Gasteiger partial charge in [-0.1, -0.05) is 35.9 Å². The van der Waals surface area contributed by atoms with Crippen LogP contribution in [0.25, 0.3) is 10.9 Å². The van der Waals surface area contributed by atoms with Gasteiger partial charge in [-0.3, -0.25) is 19.5 Å². The zero-order chi connectivity index (χ0) is 32.0. The minimum atomic E-state index is -0.685. The molecule has 0 bridgehead atoms. The molecule has 2 aromatic heterocycles. The van der Waals surface area contributed by atoms with Gasteiger partial charge in [0.25, 0.3) is 0 Å². The van der Waals surface area contributed by atoms with Crippen molar-refractivity contribution in [2.45, 2.75) is 51.1 Å². The topological polar surface area (TPSA) is 84.6 Å². The van der Waals surface area contributed by atoms with Gasteiger partial charge >= 0.3 is 0 Å². The van der Waals surface area contributed by atoms with Crippen LogP contribution in [-0.4, -0.2) is 77.9 Å². The van der Waals surface area contributed by atoms with Crippen LogP contribution in [-0.2, 0) is 29.0 Å². The number of likely N-dealkylation sites (tertiary alicyclic amines) is 1. The first-order chi connectivity index (χ1) is 22.3. The average molecular weight is 641 g/mol. The fourth-order valence-corrected chi connectivity index (χ4v) is 7.45. The van der Waals surface area contributed by atoms with Crippen LogP contribution < -0.4 is 10.2 Å². The second kappa shape index (κ2) is 14.8. The molecule has 2 atom stereocenters. The number of amides is 2. The van der Waals surface area contributed by atoms with Gasteiger partial charge in [0.1, 0.15) is 6.04 Å². The predicted octanol–water partition coefficient (Wildman–Crippen LogP) is 5.70. The number of hydrogen-bond donors (Lipinski definition) is 2. The number of nitrogens with one attached hydrogen (secondary N) is 2. The Morgan fingerprint density at radius 1 is 1.09 bits per heavy atom. The maximum atomic E-state index is 14.5. The average Bonchev–Trinajstić information content (AvgIpc) is 3.46. The van der Waals surface area contributed by atoms with Gasteiger partial charge in [-0.15, -0.1) is 0 Å². The minimum absolute atomic E-state index is 0.0610. The van der Waals surface area contributed by atoms with Crippen molar-refractivity contribution in [1.29, 1.82) is 0 Å². The summed E-state index contributed by atoms with van der Waals surface area (Å²) >= 11 is 6.40. The second-order valence-corrected chi connectivity index (χ2v) is 13.8. The molecule has 0 unspecified atom stereocenters. The molecule has 2 aliphatic heterocycles. The van der Waals surface area contributed by atoms with Gasteiger partial charge in [-0.2, -0.15) is 0 Å². The number of pyridine rings is 1. The molecule has 4 aromatic rings. The predicted molar refractivity (Wildman–Crippen MR) is 185 cm³/mol. The molecule has 2 aromatic carbocycles. The Bertz CT molecular complexity index is 1630. The molecule has 0 spiro atoms. The molecule has 242 valence electrons. The van der Waals surface area contributed by atoms with Crippen molar-refractivity contribution >= 4 is 40.0 Å². The summed E-state index contributed by atoms with van der Waals surface area (Å²) in [6.45, 7) is 4.42. The van der Waals surface area contributed by atoms with Crippen molar-refractivity contribution in [2.24, 2.45) is 11.8 Å². The molecule has 1 fully saturated rings. The van der Waals surface area contributed by atoms with E-state index in [1.54, 1.807) is 0 Å². The number of para-hydroxylation sites is 1. The van der Waals surface area contributed by atoms with Crippen molar-refractivity contribution in [3.63, 3.8) is 0 Å². The fraction of sp³-hybridized carbons (Fsp3) is 0.432. The lowest BCUT2D eigenvalue weighted by Gasteiger charge is -2.37. The number of piperidine rings is 1. The second-order valence-electron chi connectivity index (χ2n) is 13.4. The van der Waals surface area contributed by atoms with Crippen LogP contribution >= 0.6 is 11.6 Å². The monoisotopic (exact) mass is 640 g/mol. The third-order valence-corrected chi connectivity index (χ3v) is 9.75. The van der Waals surface area contributed by atoms with E-state index in [1.165, 1.54) is 5.56 Å². The summed E-state index contributed by atoms with van der Waals surface area (Å²) < 4.78 is 0. The third-order valence-electron chi connectivity index (χ3n) is 9.52. The van der Waals surface area contributed by atoms with E-state index in [0.29, 0.717) is 30.3 Å². The molecule has 2 aliphatic rings. The van der Waals surface area contributed by atoms with Crippen LogP contribution in [0.2, 0.25) is 5.02 Å². The van der Waals surface area contributed by atoms with Crippen molar-refractivity contribution in [3.8, 4) is 0 Å². The maximum absolute atomic E-state index is 14.5. The molecule has 4 heterocycles.